The SMILES string of the molecule is CCOC(=O)C(C)(C)Oc1ccc(-c2cccs2)cc1CBr. The summed E-state index contributed by atoms with van der Waals surface area (Å²) >= 11 is 5.18. The van der Waals surface area contributed by atoms with Crippen LogP contribution in [0, 0.1) is 0 Å². The number of hydrogen-bond acceptors (Lipinski definition) is 4. The average molecular weight is 383 g/mol. The largest absolute Gasteiger partial charge is 0.476 e. The van der Waals surface area contributed by atoms with Gasteiger partial charge in [-0.3, -0.25) is 0 Å². The summed E-state index contributed by atoms with van der Waals surface area (Å²) in [5, 5.41) is 2.71. The van der Waals surface area contributed by atoms with Gasteiger partial charge in [-0.25, -0.2) is 4.79 Å². The molecule has 1 aromatic carbocycles. The van der Waals surface area contributed by atoms with Crippen LogP contribution in [0.4, 0.5) is 0 Å². The van der Waals surface area contributed by atoms with Crippen molar-refractivity contribution in [3.63, 3.8) is 0 Å². The lowest BCUT2D eigenvalue weighted by Gasteiger charge is -2.25. The van der Waals surface area contributed by atoms with Gasteiger partial charge in [-0.05, 0) is 56.0 Å². The second kappa shape index (κ2) is 7.29. The highest BCUT2D eigenvalue weighted by molar-refractivity contribution is 9.08. The maximum absolute atomic E-state index is 12.0. The molecule has 1 aromatic heterocycles. The summed E-state index contributed by atoms with van der Waals surface area (Å²) in [7, 11) is 0. The van der Waals surface area contributed by atoms with Gasteiger partial charge in [0.15, 0.2) is 5.60 Å². The first kappa shape index (κ1) is 17.0. The van der Waals surface area contributed by atoms with E-state index in [2.05, 4.69) is 33.4 Å². The second-order valence-electron chi connectivity index (χ2n) is 5.27. The van der Waals surface area contributed by atoms with Gasteiger partial charge in [-0.2, -0.15) is 0 Å². The number of ether oxygens (including phenoxy) is 2. The van der Waals surface area contributed by atoms with Crippen LogP contribution in [-0.4, -0.2) is 18.2 Å². The molecule has 3 nitrogen and oxygen atoms in total. The maximum Gasteiger partial charge on any atom is 0.349 e. The molecule has 5 heteroatoms. The van der Waals surface area contributed by atoms with Gasteiger partial charge in [-0.15, -0.1) is 11.3 Å². The highest BCUT2D eigenvalue weighted by Crippen LogP contribution is 2.32. The fourth-order valence-corrected chi connectivity index (χ4v) is 3.16. The molecule has 1 heterocycles. The second-order valence-corrected chi connectivity index (χ2v) is 6.77. The Morgan fingerprint density at radius 2 is 2.09 bits per heavy atom. The molecule has 0 aliphatic rings. The zero-order chi connectivity index (χ0) is 16.2. The molecule has 0 aliphatic carbocycles. The van der Waals surface area contributed by atoms with E-state index in [0.29, 0.717) is 17.7 Å². The van der Waals surface area contributed by atoms with Crippen molar-refractivity contribution in [2.24, 2.45) is 0 Å². The summed E-state index contributed by atoms with van der Waals surface area (Å²) in [6.07, 6.45) is 0. The first-order chi connectivity index (χ1) is 10.5. The molecular weight excluding hydrogens is 364 g/mol. The van der Waals surface area contributed by atoms with Gasteiger partial charge < -0.3 is 9.47 Å². The van der Waals surface area contributed by atoms with Gasteiger partial charge in [0.1, 0.15) is 5.75 Å². The highest BCUT2D eigenvalue weighted by atomic mass is 79.9. The lowest BCUT2D eigenvalue weighted by Crippen LogP contribution is -2.40. The zero-order valence-corrected chi connectivity index (χ0v) is 15.3. The summed E-state index contributed by atoms with van der Waals surface area (Å²) < 4.78 is 11.0. The van der Waals surface area contributed by atoms with E-state index < -0.39 is 5.60 Å². The first-order valence-electron chi connectivity index (χ1n) is 7.07. The molecule has 0 unspecified atom stereocenters. The van der Waals surface area contributed by atoms with Gasteiger partial charge in [0.2, 0.25) is 0 Å². The zero-order valence-electron chi connectivity index (χ0n) is 12.9. The normalized spacial score (nSPS) is 11.3. The minimum atomic E-state index is -1.02. The van der Waals surface area contributed by atoms with E-state index in [4.69, 9.17) is 9.47 Å². The van der Waals surface area contributed by atoms with Crippen LogP contribution in [0.5, 0.6) is 5.75 Å². The smallest absolute Gasteiger partial charge is 0.349 e. The number of rotatable bonds is 6. The van der Waals surface area contributed by atoms with Crippen LogP contribution in [0.25, 0.3) is 10.4 Å². The van der Waals surface area contributed by atoms with Gasteiger partial charge in [-0.1, -0.05) is 22.0 Å². The number of thiophene rings is 1. The Balaban J connectivity index is 2.26. The molecule has 0 atom stereocenters. The van der Waals surface area contributed by atoms with E-state index in [9.17, 15) is 4.79 Å². The Bertz CT molecular complexity index is 635. The van der Waals surface area contributed by atoms with Crippen LogP contribution in [0.2, 0.25) is 0 Å². The molecule has 0 saturated heterocycles. The topological polar surface area (TPSA) is 35.5 Å². The van der Waals surface area contributed by atoms with Crippen molar-refractivity contribution in [3.8, 4) is 16.2 Å². The summed E-state index contributed by atoms with van der Waals surface area (Å²) in [6, 6.07) is 10.1. The number of alkyl halides is 1. The number of hydrogen-bond donors (Lipinski definition) is 0. The van der Waals surface area contributed by atoms with Gasteiger partial charge in [0.25, 0.3) is 0 Å². The number of halogens is 1. The third-order valence-electron chi connectivity index (χ3n) is 3.14. The van der Waals surface area contributed by atoms with Crippen molar-refractivity contribution in [1.82, 2.24) is 0 Å². The Labute approximate surface area is 143 Å². The molecule has 0 saturated carbocycles. The summed E-state index contributed by atoms with van der Waals surface area (Å²) in [5.41, 5.74) is 1.13. The Hall–Kier alpha value is -1.33. The number of carbonyl (C=O) groups is 1. The number of carbonyl (C=O) groups excluding carboxylic acids is 1. The maximum atomic E-state index is 12.0. The van der Waals surface area contributed by atoms with E-state index in [0.717, 1.165) is 11.1 Å². The first-order valence-corrected chi connectivity index (χ1v) is 9.07. The van der Waals surface area contributed by atoms with E-state index in [1.165, 1.54) is 4.88 Å². The average Bonchev–Trinajstić information content (AvgIpc) is 3.02. The van der Waals surface area contributed by atoms with Crippen molar-refractivity contribution < 1.29 is 14.3 Å². The summed E-state index contributed by atoms with van der Waals surface area (Å²) in [4.78, 5) is 13.2. The molecule has 0 aliphatic heterocycles. The van der Waals surface area contributed by atoms with Crippen LogP contribution in [0.1, 0.15) is 26.3 Å². The van der Waals surface area contributed by atoms with Gasteiger partial charge >= 0.3 is 5.97 Å². The monoisotopic (exact) mass is 382 g/mol. The minimum Gasteiger partial charge on any atom is -0.476 e. The molecule has 0 bridgehead atoms. The van der Waals surface area contributed by atoms with E-state index in [1.807, 2.05) is 18.2 Å². The molecule has 0 radical (unpaired) electrons. The molecular formula is C17H19BrO3S. The van der Waals surface area contributed by atoms with Gasteiger partial charge in [0, 0.05) is 15.8 Å². The Kier molecular flexibility index (Phi) is 5.64. The van der Waals surface area contributed by atoms with Crippen LogP contribution in [0.3, 0.4) is 0 Å². The minimum absolute atomic E-state index is 0.342. The fraction of sp³-hybridized carbons (Fsp3) is 0.353. The molecule has 0 spiro atoms. The molecule has 2 rings (SSSR count). The predicted octanol–water partition coefficient (Wildman–Crippen LogP) is 5.03. The van der Waals surface area contributed by atoms with Crippen molar-refractivity contribution in [2.75, 3.05) is 6.61 Å². The van der Waals surface area contributed by atoms with Crippen LogP contribution >= 0.6 is 27.3 Å². The third kappa shape index (κ3) is 3.90. The fourth-order valence-electron chi connectivity index (χ4n) is 2.00. The molecule has 0 amide bonds. The van der Waals surface area contributed by atoms with Crippen LogP contribution < -0.4 is 4.74 Å². The van der Waals surface area contributed by atoms with Crippen LogP contribution in [-0.2, 0) is 14.9 Å². The van der Waals surface area contributed by atoms with E-state index in [1.54, 1.807) is 32.1 Å². The number of esters is 1. The van der Waals surface area contributed by atoms with E-state index in [-0.39, 0.29) is 5.97 Å². The standard InChI is InChI=1S/C17H19BrO3S/c1-4-20-16(19)17(2,3)21-14-8-7-12(10-13(14)11-18)15-6-5-9-22-15/h5-10H,4,11H2,1-3H3. The van der Waals surface area contributed by atoms with E-state index >= 15 is 0 Å². The predicted molar refractivity (Wildman–Crippen MR) is 93.7 cm³/mol. The Morgan fingerprint density at radius 1 is 1.32 bits per heavy atom. The lowest BCUT2D eigenvalue weighted by molar-refractivity contribution is -0.158. The molecule has 22 heavy (non-hydrogen) atoms. The number of benzene rings is 1. The lowest BCUT2D eigenvalue weighted by atomic mass is 10.1. The summed E-state index contributed by atoms with van der Waals surface area (Å²) in [6.45, 7) is 5.56. The third-order valence-corrected chi connectivity index (χ3v) is 4.67. The van der Waals surface area contributed by atoms with Crippen LogP contribution in [0.15, 0.2) is 35.7 Å². The van der Waals surface area contributed by atoms with Crippen molar-refractivity contribution in [2.45, 2.75) is 31.7 Å². The highest BCUT2D eigenvalue weighted by Gasteiger charge is 2.32. The molecule has 0 N–H and O–H groups in total. The molecule has 118 valence electrons. The summed E-state index contributed by atoms with van der Waals surface area (Å²) in [5.74, 6) is 0.327. The van der Waals surface area contributed by atoms with Gasteiger partial charge in [0.05, 0.1) is 6.61 Å². The Morgan fingerprint density at radius 3 is 2.68 bits per heavy atom. The molecule has 2 aromatic rings. The quantitative estimate of drug-likeness (QED) is 0.518. The van der Waals surface area contributed by atoms with Crippen molar-refractivity contribution in [1.29, 1.82) is 0 Å². The molecule has 0 fully saturated rings. The van der Waals surface area contributed by atoms with Crippen molar-refractivity contribution in [3.05, 3.63) is 41.3 Å². The van der Waals surface area contributed by atoms with Crippen molar-refractivity contribution >= 4 is 33.2 Å².